The van der Waals surface area contributed by atoms with Crippen LogP contribution in [0.3, 0.4) is 0 Å². The number of benzene rings is 4. The third-order valence-corrected chi connectivity index (χ3v) is 8.22. The molecule has 148 valence electrons. The van der Waals surface area contributed by atoms with Gasteiger partial charge in [0.25, 0.3) is 0 Å². The molecule has 2 nitrogen and oxygen atoms in total. The molecule has 0 aliphatic heterocycles. The number of hydrogen-bond acceptors (Lipinski definition) is 2. The van der Waals surface area contributed by atoms with Crippen molar-refractivity contribution in [2.24, 2.45) is 0 Å². The molecule has 0 amide bonds. The second-order valence-corrected chi connectivity index (χ2v) is 9.80. The summed E-state index contributed by atoms with van der Waals surface area (Å²) < 4.78 is 27.9. The molecule has 0 aromatic heterocycles. The predicted octanol–water partition coefficient (Wildman–Crippen LogP) is 6.13. The van der Waals surface area contributed by atoms with Gasteiger partial charge in [-0.05, 0) is 34.4 Å². The molecule has 30 heavy (non-hydrogen) atoms. The molecule has 5 rings (SSSR count). The smallest absolute Gasteiger partial charge is 0.186 e. The summed E-state index contributed by atoms with van der Waals surface area (Å²) in [5.41, 5.74) is 4.20. The highest BCUT2D eigenvalue weighted by atomic mass is 32.2. The molecule has 0 N–H and O–H groups in total. The molecule has 1 aliphatic rings. The predicted molar refractivity (Wildman–Crippen MR) is 120 cm³/mol. The summed E-state index contributed by atoms with van der Waals surface area (Å²) in [6, 6.07) is 37.2. The van der Waals surface area contributed by atoms with Gasteiger partial charge in [-0.2, -0.15) is 0 Å². The van der Waals surface area contributed by atoms with Crippen LogP contribution < -0.4 is 0 Å². The Morgan fingerprint density at radius 1 is 0.500 bits per heavy atom. The molecular weight excluding hydrogens is 388 g/mol. The number of rotatable bonds is 4. The molecule has 0 spiro atoms. The van der Waals surface area contributed by atoms with Gasteiger partial charge in [-0.15, -0.1) is 0 Å². The van der Waals surface area contributed by atoms with Crippen molar-refractivity contribution in [3.63, 3.8) is 0 Å². The molecule has 0 saturated carbocycles. The largest absolute Gasteiger partial charge is 0.223 e. The lowest BCUT2D eigenvalue weighted by Crippen LogP contribution is -2.20. The van der Waals surface area contributed by atoms with E-state index < -0.39 is 15.1 Å². The van der Waals surface area contributed by atoms with Crippen molar-refractivity contribution in [3.8, 4) is 0 Å². The standard InChI is InChI=1S/C27H22O2S/c28-30(29,22-16-8-3-9-17-22)27-24-19-11-10-18-23(24)25(20-12-4-1-5-13-20)26(27)21-14-6-2-7-15-21/h1-19,25-27H/t25-,26+,27+/m1/s1. The highest BCUT2D eigenvalue weighted by Gasteiger charge is 2.48. The Bertz CT molecular complexity index is 1250. The molecular formula is C27H22O2S. The van der Waals surface area contributed by atoms with Crippen molar-refractivity contribution in [1.82, 2.24) is 0 Å². The molecule has 0 saturated heterocycles. The molecule has 1 aliphatic carbocycles. The van der Waals surface area contributed by atoms with E-state index >= 15 is 0 Å². The first-order chi connectivity index (χ1) is 14.7. The highest BCUT2D eigenvalue weighted by molar-refractivity contribution is 7.91. The zero-order chi connectivity index (χ0) is 20.6. The summed E-state index contributed by atoms with van der Waals surface area (Å²) in [7, 11) is -3.59. The van der Waals surface area contributed by atoms with Gasteiger partial charge in [0.1, 0.15) is 0 Å². The molecule has 0 fully saturated rings. The Balaban J connectivity index is 1.78. The van der Waals surface area contributed by atoms with E-state index in [9.17, 15) is 8.42 Å². The maximum absolute atomic E-state index is 14.0. The topological polar surface area (TPSA) is 34.1 Å². The maximum atomic E-state index is 14.0. The number of fused-ring (bicyclic) bond motifs is 1. The maximum Gasteiger partial charge on any atom is 0.186 e. The van der Waals surface area contributed by atoms with E-state index in [0.29, 0.717) is 4.90 Å². The minimum Gasteiger partial charge on any atom is -0.223 e. The summed E-state index contributed by atoms with van der Waals surface area (Å²) in [6.45, 7) is 0. The van der Waals surface area contributed by atoms with Crippen molar-refractivity contribution >= 4 is 9.84 Å². The summed E-state index contributed by atoms with van der Waals surface area (Å²) in [4.78, 5) is 0.374. The van der Waals surface area contributed by atoms with Crippen LogP contribution in [0.25, 0.3) is 0 Å². The Kier molecular flexibility index (Phi) is 4.76. The lowest BCUT2D eigenvalue weighted by molar-refractivity contribution is 0.555. The van der Waals surface area contributed by atoms with Crippen molar-refractivity contribution < 1.29 is 8.42 Å². The van der Waals surface area contributed by atoms with E-state index in [0.717, 1.165) is 22.3 Å². The third kappa shape index (κ3) is 3.06. The fourth-order valence-corrected chi connectivity index (χ4v) is 6.90. The SMILES string of the molecule is O=S(=O)(c1ccccc1)[C@H]1c2ccccc2[C@@H](c2ccccc2)[C@@H]1c1ccccc1. The zero-order valence-corrected chi connectivity index (χ0v) is 17.2. The van der Waals surface area contributed by atoms with E-state index in [1.165, 1.54) is 0 Å². The summed E-state index contributed by atoms with van der Waals surface area (Å²) in [5, 5.41) is -0.635. The minimum absolute atomic E-state index is 0.0201. The first-order valence-corrected chi connectivity index (χ1v) is 11.7. The Labute approximate surface area is 177 Å². The molecule has 3 atom stereocenters. The molecule has 0 radical (unpaired) electrons. The fourth-order valence-electron chi connectivity index (χ4n) is 4.82. The van der Waals surface area contributed by atoms with E-state index in [1.54, 1.807) is 24.3 Å². The van der Waals surface area contributed by atoms with Gasteiger partial charge in [-0.1, -0.05) is 103 Å². The lowest BCUT2D eigenvalue weighted by atomic mass is 9.82. The van der Waals surface area contributed by atoms with Crippen LogP contribution >= 0.6 is 0 Å². The first kappa shape index (κ1) is 18.8. The van der Waals surface area contributed by atoms with Gasteiger partial charge in [0, 0.05) is 11.8 Å². The molecule has 4 aromatic carbocycles. The van der Waals surface area contributed by atoms with E-state index in [-0.39, 0.29) is 11.8 Å². The van der Waals surface area contributed by atoms with Crippen LogP contribution in [0, 0.1) is 0 Å². The Morgan fingerprint density at radius 2 is 0.967 bits per heavy atom. The average molecular weight is 411 g/mol. The second-order valence-electron chi connectivity index (χ2n) is 7.73. The minimum atomic E-state index is -3.59. The molecule has 4 aromatic rings. The van der Waals surface area contributed by atoms with Crippen LogP contribution in [0.15, 0.2) is 120 Å². The Hall–Kier alpha value is -3.17. The summed E-state index contributed by atoms with van der Waals surface area (Å²) >= 11 is 0. The average Bonchev–Trinajstić information content (AvgIpc) is 3.17. The van der Waals surface area contributed by atoms with Crippen LogP contribution in [0.2, 0.25) is 0 Å². The van der Waals surface area contributed by atoms with Gasteiger partial charge in [-0.25, -0.2) is 8.42 Å². The zero-order valence-electron chi connectivity index (χ0n) is 16.4. The van der Waals surface area contributed by atoms with Crippen LogP contribution in [-0.2, 0) is 9.84 Å². The lowest BCUT2D eigenvalue weighted by Gasteiger charge is -2.26. The highest BCUT2D eigenvalue weighted by Crippen LogP contribution is 2.57. The van der Waals surface area contributed by atoms with E-state index in [4.69, 9.17) is 0 Å². The Morgan fingerprint density at radius 3 is 1.57 bits per heavy atom. The van der Waals surface area contributed by atoms with Gasteiger partial charge >= 0.3 is 0 Å². The van der Waals surface area contributed by atoms with Crippen LogP contribution in [0.1, 0.15) is 39.3 Å². The van der Waals surface area contributed by atoms with Gasteiger partial charge in [0.05, 0.1) is 10.1 Å². The molecule has 0 unspecified atom stereocenters. The van der Waals surface area contributed by atoms with Crippen LogP contribution in [0.4, 0.5) is 0 Å². The van der Waals surface area contributed by atoms with Crippen LogP contribution in [-0.4, -0.2) is 8.42 Å². The van der Waals surface area contributed by atoms with Crippen molar-refractivity contribution in [3.05, 3.63) is 138 Å². The van der Waals surface area contributed by atoms with Crippen molar-refractivity contribution in [2.75, 3.05) is 0 Å². The van der Waals surface area contributed by atoms with Gasteiger partial charge in [-0.3, -0.25) is 0 Å². The van der Waals surface area contributed by atoms with Gasteiger partial charge < -0.3 is 0 Å². The summed E-state index contributed by atoms with van der Waals surface area (Å²) in [6.07, 6.45) is 0. The monoisotopic (exact) mass is 410 g/mol. The van der Waals surface area contributed by atoms with Gasteiger partial charge in [0.15, 0.2) is 9.84 Å². The molecule has 0 bridgehead atoms. The number of sulfone groups is 1. The van der Waals surface area contributed by atoms with Gasteiger partial charge in [0.2, 0.25) is 0 Å². The quantitative estimate of drug-likeness (QED) is 0.405. The molecule has 0 heterocycles. The van der Waals surface area contributed by atoms with E-state index in [2.05, 4.69) is 30.3 Å². The second kappa shape index (κ2) is 7.58. The number of hydrogen-bond donors (Lipinski definition) is 0. The van der Waals surface area contributed by atoms with Crippen LogP contribution in [0.5, 0.6) is 0 Å². The van der Waals surface area contributed by atoms with Crippen molar-refractivity contribution in [1.29, 1.82) is 0 Å². The third-order valence-electron chi connectivity index (χ3n) is 6.07. The summed E-state index contributed by atoms with van der Waals surface area (Å²) in [5.74, 6) is -0.218. The first-order valence-electron chi connectivity index (χ1n) is 10.2. The fraction of sp³-hybridized carbons (Fsp3) is 0.111. The van der Waals surface area contributed by atoms with Crippen molar-refractivity contribution in [2.45, 2.75) is 22.0 Å². The molecule has 3 heteroatoms. The van der Waals surface area contributed by atoms with E-state index in [1.807, 2.05) is 60.7 Å². The normalized spacial score (nSPS) is 20.6.